The lowest BCUT2D eigenvalue weighted by atomic mass is 10.1. The van der Waals surface area contributed by atoms with Crippen LogP contribution in [0.3, 0.4) is 0 Å². The van der Waals surface area contributed by atoms with E-state index in [2.05, 4.69) is 24.1 Å². The summed E-state index contributed by atoms with van der Waals surface area (Å²) in [6.07, 6.45) is 0. The second kappa shape index (κ2) is 4.91. The highest BCUT2D eigenvalue weighted by Crippen LogP contribution is 2.03. The number of nitrogens with zero attached hydrogens (tertiary/aromatic N) is 1. The van der Waals surface area contributed by atoms with Crippen LogP contribution in [-0.2, 0) is 0 Å². The second-order valence-electron chi connectivity index (χ2n) is 4.17. The Morgan fingerprint density at radius 3 is 2.53 bits per heavy atom. The Morgan fingerprint density at radius 1 is 1.33 bits per heavy atom. The van der Waals surface area contributed by atoms with Crippen molar-refractivity contribution in [2.45, 2.75) is 33.7 Å². The Kier molecular flexibility index (Phi) is 3.83. The molecule has 0 aliphatic rings. The first kappa shape index (κ1) is 11.7. The minimum absolute atomic E-state index is 0.0973. The smallest absolute Gasteiger partial charge is 0.270 e. The molecule has 0 saturated carbocycles. The van der Waals surface area contributed by atoms with Gasteiger partial charge < -0.3 is 5.32 Å². The zero-order valence-corrected chi connectivity index (χ0v) is 9.74. The maximum Gasteiger partial charge on any atom is 0.270 e. The van der Waals surface area contributed by atoms with Gasteiger partial charge in [-0.2, -0.15) is 0 Å². The summed E-state index contributed by atoms with van der Waals surface area (Å²) in [6.45, 7) is 8.03. The number of hydrogen-bond acceptors (Lipinski definition) is 2. The third-order valence-corrected chi connectivity index (χ3v) is 2.48. The Balaban J connectivity index is 2.69. The topological polar surface area (TPSA) is 42.0 Å². The lowest BCUT2D eigenvalue weighted by Crippen LogP contribution is -2.36. The standard InChI is InChI=1S/C12H18N2O/c1-8(2)10(4)14-12(15)11-7-5-6-9(3)13-11/h5-8,10H,1-4H3,(H,14,15). The second-order valence-corrected chi connectivity index (χ2v) is 4.17. The average Bonchev–Trinajstić information content (AvgIpc) is 2.17. The number of carbonyl (C=O) groups excluding carboxylic acids is 1. The summed E-state index contributed by atoms with van der Waals surface area (Å²) in [4.78, 5) is 15.9. The molecule has 1 N–H and O–H groups in total. The van der Waals surface area contributed by atoms with Crippen LogP contribution in [0.2, 0.25) is 0 Å². The van der Waals surface area contributed by atoms with E-state index in [1.54, 1.807) is 6.07 Å². The molecule has 15 heavy (non-hydrogen) atoms. The highest BCUT2D eigenvalue weighted by molar-refractivity contribution is 5.92. The van der Waals surface area contributed by atoms with Crippen molar-refractivity contribution in [3.8, 4) is 0 Å². The molecule has 1 amide bonds. The number of carbonyl (C=O) groups is 1. The van der Waals surface area contributed by atoms with Gasteiger partial charge in [0.25, 0.3) is 5.91 Å². The number of hydrogen-bond donors (Lipinski definition) is 1. The minimum Gasteiger partial charge on any atom is -0.348 e. The Labute approximate surface area is 90.9 Å². The summed E-state index contributed by atoms with van der Waals surface area (Å²) in [6, 6.07) is 5.62. The fraction of sp³-hybridized carbons (Fsp3) is 0.500. The summed E-state index contributed by atoms with van der Waals surface area (Å²) in [5.41, 5.74) is 1.35. The van der Waals surface area contributed by atoms with Crippen molar-refractivity contribution >= 4 is 5.91 Å². The van der Waals surface area contributed by atoms with Gasteiger partial charge in [0.1, 0.15) is 5.69 Å². The van der Waals surface area contributed by atoms with Crippen LogP contribution in [0.15, 0.2) is 18.2 Å². The van der Waals surface area contributed by atoms with E-state index >= 15 is 0 Å². The van der Waals surface area contributed by atoms with Gasteiger partial charge in [-0.05, 0) is 31.9 Å². The van der Waals surface area contributed by atoms with Crippen LogP contribution >= 0.6 is 0 Å². The summed E-state index contributed by atoms with van der Waals surface area (Å²) in [7, 11) is 0. The van der Waals surface area contributed by atoms with Gasteiger partial charge in [0.2, 0.25) is 0 Å². The van der Waals surface area contributed by atoms with Crippen molar-refractivity contribution in [1.29, 1.82) is 0 Å². The van der Waals surface area contributed by atoms with Gasteiger partial charge in [0.15, 0.2) is 0 Å². The predicted molar refractivity (Wildman–Crippen MR) is 60.7 cm³/mol. The Bertz CT molecular complexity index is 347. The number of amides is 1. The molecule has 3 nitrogen and oxygen atoms in total. The van der Waals surface area contributed by atoms with E-state index in [9.17, 15) is 4.79 Å². The summed E-state index contributed by atoms with van der Waals surface area (Å²) < 4.78 is 0. The van der Waals surface area contributed by atoms with Gasteiger partial charge in [0, 0.05) is 11.7 Å². The van der Waals surface area contributed by atoms with E-state index in [0.29, 0.717) is 11.6 Å². The predicted octanol–water partition coefficient (Wildman–Crippen LogP) is 2.16. The number of nitrogens with one attached hydrogen (secondary N) is 1. The summed E-state index contributed by atoms with van der Waals surface area (Å²) in [5, 5.41) is 2.92. The zero-order valence-electron chi connectivity index (χ0n) is 9.74. The van der Waals surface area contributed by atoms with Gasteiger partial charge in [-0.15, -0.1) is 0 Å². The molecule has 82 valence electrons. The highest BCUT2D eigenvalue weighted by atomic mass is 16.1. The van der Waals surface area contributed by atoms with Crippen LogP contribution in [0.1, 0.15) is 37.0 Å². The summed E-state index contributed by atoms with van der Waals surface area (Å²) >= 11 is 0. The quantitative estimate of drug-likeness (QED) is 0.823. The van der Waals surface area contributed by atoms with Gasteiger partial charge in [0.05, 0.1) is 0 Å². The molecular formula is C12H18N2O. The average molecular weight is 206 g/mol. The zero-order chi connectivity index (χ0) is 11.4. The SMILES string of the molecule is Cc1cccc(C(=O)NC(C)C(C)C)n1. The Hall–Kier alpha value is -1.38. The molecule has 0 bridgehead atoms. The Morgan fingerprint density at radius 2 is 2.00 bits per heavy atom. The molecule has 1 aromatic rings. The van der Waals surface area contributed by atoms with Gasteiger partial charge >= 0.3 is 0 Å². The monoisotopic (exact) mass is 206 g/mol. The number of pyridine rings is 1. The molecule has 0 aliphatic heterocycles. The van der Waals surface area contributed by atoms with Crippen molar-refractivity contribution < 1.29 is 4.79 Å². The molecule has 3 heteroatoms. The van der Waals surface area contributed by atoms with Crippen molar-refractivity contribution in [3.63, 3.8) is 0 Å². The van der Waals surface area contributed by atoms with Crippen LogP contribution in [0.4, 0.5) is 0 Å². The van der Waals surface area contributed by atoms with E-state index in [0.717, 1.165) is 5.69 Å². The van der Waals surface area contributed by atoms with Gasteiger partial charge in [-0.3, -0.25) is 4.79 Å². The molecular weight excluding hydrogens is 188 g/mol. The summed E-state index contributed by atoms with van der Waals surface area (Å²) in [5.74, 6) is 0.332. The maximum atomic E-state index is 11.7. The maximum absolute atomic E-state index is 11.7. The van der Waals surface area contributed by atoms with Crippen LogP contribution in [-0.4, -0.2) is 16.9 Å². The molecule has 1 rings (SSSR count). The molecule has 0 radical (unpaired) electrons. The van der Waals surface area contributed by atoms with Gasteiger partial charge in [-0.1, -0.05) is 19.9 Å². The lowest BCUT2D eigenvalue weighted by molar-refractivity contribution is 0.0925. The minimum atomic E-state index is -0.0973. The van der Waals surface area contributed by atoms with Crippen molar-refractivity contribution in [2.24, 2.45) is 5.92 Å². The van der Waals surface area contributed by atoms with Crippen LogP contribution < -0.4 is 5.32 Å². The highest BCUT2D eigenvalue weighted by Gasteiger charge is 2.13. The first-order valence-electron chi connectivity index (χ1n) is 5.25. The van der Waals surface area contributed by atoms with Gasteiger partial charge in [-0.25, -0.2) is 4.98 Å². The van der Waals surface area contributed by atoms with Crippen molar-refractivity contribution in [1.82, 2.24) is 10.3 Å². The molecule has 0 saturated heterocycles. The van der Waals surface area contributed by atoms with E-state index < -0.39 is 0 Å². The van der Waals surface area contributed by atoms with E-state index in [-0.39, 0.29) is 11.9 Å². The molecule has 0 aliphatic carbocycles. The van der Waals surface area contributed by atoms with Crippen molar-refractivity contribution in [2.75, 3.05) is 0 Å². The third-order valence-electron chi connectivity index (χ3n) is 2.48. The third kappa shape index (κ3) is 3.35. The fourth-order valence-corrected chi connectivity index (χ4v) is 1.12. The normalized spacial score (nSPS) is 12.6. The van der Waals surface area contributed by atoms with Crippen LogP contribution in [0, 0.1) is 12.8 Å². The molecule has 1 unspecified atom stereocenters. The molecule has 0 aromatic carbocycles. The van der Waals surface area contributed by atoms with E-state index in [1.807, 2.05) is 26.0 Å². The van der Waals surface area contributed by atoms with Crippen molar-refractivity contribution in [3.05, 3.63) is 29.6 Å². The molecule has 1 aromatic heterocycles. The molecule has 1 atom stereocenters. The molecule has 0 fully saturated rings. The fourth-order valence-electron chi connectivity index (χ4n) is 1.12. The van der Waals surface area contributed by atoms with E-state index in [1.165, 1.54) is 0 Å². The van der Waals surface area contributed by atoms with Crippen LogP contribution in [0.5, 0.6) is 0 Å². The van der Waals surface area contributed by atoms with E-state index in [4.69, 9.17) is 0 Å². The first-order chi connectivity index (χ1) is 7.00. The number of aromatic nitrogens is 1. The van der Waals surface area contributed by atoms with Crippen LogP contribution in [0.25, 0.3) is 0 Å². The lowest BCUT2D eigenvalue weighted by Gasteiger charge is -2.17. The molecule has 0 spiro atoms. The number of aryl methyl sites for hydroxylation is 1. The first-order valence-corrected chi connectivity index (χ1v) is 5.25. The molecule has 1 heterocycles. The number of rotatable bonds is 3. The largest absolute Gasteiger partial charge is 0.348 e.